The van der Waals surface area contributed by atoms with Gasteiger partial charge in [-0.3, -0.25) is 4.79 Å². The number of amides is 1. The van der Waals surface area contributed by atoms with Crippen molar-refractivity contribution in [3.8, 4) is 6.07 Å². The smallest absolute Gasteiger partial charge is 0.348 e. The van der Waals surface area contributed by atoms with Crippen LogP contribution < -0.4 is 10.7 Å². The van der Waals surface area contributed by atoms with E-state index in [2.05, 4.69) is 31.0 Å². The van der Waals surface area contributed by atoms with Gasteiger partial charge in [0.15, 0.2) is 0 Å². The number of anilines is 2. The highest BCUT2D eigenvalue weighted by Gasteiger charge is 2.22. The number of carbonyl (C=O) groups excluding carboxylic acids is 2. The van der Waals surface area contributed by atoms with E-state index in [0.29, 0.717) is 31.6 Å². The Labute approximate surface area is 202 Å². The predicted molar refractivity (Wildman–Crippen MR) is 128 cm³/mol. The molecule has 0 fully saturated rings. The van der Waals surface area contributed by atoms with Gasteiger partial charge in [0, 0.05) is 5.02 Å². The first kappa shape index (κ1) is 24.2. The van der Waals surface area contributed by atoms with Crippen molar-refractivity contribution in [3.63, 3.8) is 0 Å². The Bertz CT molecular complexity index is 1220. The van der Waals surface area contributed by atoms with Crippen LogP contribution in [0.2, 0.25) is 5.02 Å². The van der Waals surface area contributed by atoms with Gasteiger partial charge in [0.2, 0.25) is 17.0 Å². The molecule has 2 aromatic heterocycles. The Morgan fingerprint density at radius 1 is 1.39 bits per heavy atom. The minimum absolute atomic E-state index is 0.00188. The first-order valence-corrected chi connectivity index (χ1v) is 11.7. The zero-order valence-electron chi connectivity index (χ0n) is 17.5. The first-order valence-electron chi connectivity index (χ1n) is 9.51. The third-order valence-electron chi connectivity index (χ3n) is 4.02. The number of nitriles is 1. The molecule has 0 radical (unpaired) electrons. The molecule has 0 spiro atoms. The summed E-state index contributed by atoms with van der Waals surface area (Å²) in [4.78, 5) is 28.9. The SMILES string of the molecule is CCOC(=O)c1sc(NC(=O)CSc2n[nH]c(N/N=C\c3ccc(Cl)cc3)n2)c(C#N)c1C. The number of ether oxygens (including phenoxy) is 1. The van der Waals surface area contributed by atoms with Crippen LogP contribution in [-0.2, 0) is 9.53 Å². The van der Waals surface area contributed by atoms with Crippen LogP contribution in [0.1, 0.15) is 33.3 Å². The number of aromatic amines is 1. The highest BCUT2D eigenvalue weighted by Crippen LogP contribution is 2.33. The van der Waals surface area contributed by atoms with E-state index < -0.39 is 5.97 Å². The topological polar surface area (TPSA) is 145 Å². The molecule has 3 N–H and O–H groups in total. The number of thiophene rings is 1. The maximum Gasteiger partial charge on any atom is 0.348 e. The second-order valence-corrected chi connectivity index (χ2v) is 8.72. The van der Waals surface area contributed by atoms with Crippen molar-refractivity contribution in [1.29, 1.82) is 5.26 Å². The van der Waals surface area contributed by atoms with Crippen LogP contribution in [0.5, 0.6) is 0 Å². The Morgan fingerprint density at radius 3 is 2.85 bits per heavy atom. The molecule has 170 valence electrons. The number of hydrogen-bond donors (Lipinski definition) is 3. The number of hydrazone groups is 1. The number of hydrogen-bond acceptors (Lipinski definition) is 10. The zero-order valence-corrected chi connectivity index (χ0v) is 19.9. The van der Waals surface area contributed by atoms with Crippen LogP contribution in [0.15, 0.2) is 34.5 Å². The summed E-state index contributed by atoms with van der Waals surface area (Å²) in [7, 11) is 0. The van der Waals surface area contributed by atoms with Gasteiger partial charge in [0.25, 0.3) is 0 Å². The van der Waals surface area contributed by atoms with Crippen LogP contribution in [0.4, 0.5) is 10.9 Å². The number of halogens is 1. The van der Waals surface area contributed by atoms with Crippen molar-refractivity contribution in [2.45, 2.75) is 19.0 Å². The number of H-pyrrole nitrogens is 1. The minimum atomic E-state index is -0.522. The van der Waals surface area contributed by atoms with Crippen molar-refractivity contribution in [1.82, 2.24) is 15.2 Å². The van der Waals surface area contributed by atoms with Gasteiger partial charge in [-0.1, -0.05) is 35.5 Å². The summed E-state index contributed by atoms with van der Waals surface area (Å²) in [6.07, 6.45) is 1.60. The number of benzene rings is 1. The molecule has 1 amide bonds. The molecule has 0 saturated heterocycles. The summed E-state index contributed by atoms with van der Waals surface area (Å²) < 4.78 is 5.00. The van der Waals surface area contributed by atoms with E-state index in [4.69, 9.17) is 16.3 Å². The molecule has 0 bridgehead atoms. The van der Waals surface area contributed by atoms with E-state index in [0.717, 1.165) is 28.7 Å². The molecule has 0 saturated carbocycles. The summed E-state index contributed by atoms with van der Waals surface area (Å²) in [6.45, 7) is 3.56. The molecule has 1 aromatic carbocycles. The Kier molecular flexibility index (Phi) is 8.42. The largest absolute Gasteiger partial charge is 0.462 e. The normalized spacial score (nSPS) is 10.7. The standard InChI is InChI=1S/C20H18ClN7O3S2/c1-3-31-18(30)16-11(2)14(8-22)17(33-16)24-15(29)10-32-20-25-19(27-28-20)26-23-9-12-4-6-13(21)7-5-12/h4-7,9H,3,10H2,1-2H3,(H,24,29)(H2,25,26,27,28)/b23-9-. The van der Waals surface area contributed by atoms with Gasteiger partial charge in [-0.2, -0.15) is 15.3 Å². The third kappa shape index (κ3) is 6.55. The van der Waals surface area contributed by atoms with Crippen LogP contribution >= 0.6 is 34.7 Å². The lowest BCUT2D eigenvalue weighted by atomic mass is 10.2. The van der Waals surface area contributed by atoms with Crippen LogP contribution in [0, 0.1) is 18.3 Å². The summed E-state index contributed by atoms with van der Waals surface area (Å²) in [6, 6.07) is 9.16. The van der Waals surface area contributed by atoms with Crippen molar-refractivity contribution >= 4 is 63.7 Å². The Hall–Kier alpha value is -3.40. The van der Waals surface area contributed by atoms with Gasteiger partial charge in [-0.15, -0.1) is 16.4 Å². The van der Waals surface area contributed by atoms with E-state index in [1.807, 2.05) is 18.2 Å². The Balaban J connectivity index is 1.54. The molecule has 0 unspecified atom stereocenters. The molecule has 3 rings (SSSR count). The predicted octanol–water partition coefficient (Wildman–Crippen LogP) is 4.05. The molecule has 0 atom stereocenters. The Morgan fingerprint density at radius 2 is 2.15 bits per heavy atom. The lowest BCUT2D eigenvalue weighted by Crippen LogP contribution is -2.14. The fraction of sp³-hybridized carbons (Fsp3) is 0.200. The highest BCUT2D eigenvalue weighted by molar-refractivity contribution is 7.99. The fourth-order valence-corrected chi connectivity index (χ4v) is 4.29. The number of nitrogens with zero attached hydrogens (tertiary/aromatic N) is 4. The molecule has 13 heteroatoms. The first-order chi connectivity index (χ1) is 15.9. The molecule has 0 aliphatic rings. The molecule has 33 heavy (non-hydrogen) atoms. The van der Waals surface area contributed by atoms with Gasteiger partial charge in [0.05, 0.1) is 24.1 Å². The lowest BCUT2D eigenvalue weighted by Gasteiger charge is -2.01. The van der Waals surface area contributed by atoms with Gasteiger partial charge >= 0.3 is 5.97 Å². The lowest BCUT2D eigenvalue weighted by molar-refractivity contribution is -0.113. The van der Waals surface area contributed by atoms with Crippen molar-refractivity contribution in [3.05, 3.63) is 50.9 Å². The molecular weight excluding hydrogens is 486 g/mol. The fourth-order valence-electron chi connectivity index (χ4n) is 2.50. The number of carbonyl (C=O) groups is 2. The monoisotopic (exact) mass is 503 g/mol. The molecule has 0 aliphatic carbocycles. The summed E-state index contributed by atoms with van der Waals surface area (Å²) in [5.41, 5.74) is 4.29. The van der Waals surface area contributed by atoms with Gasteiger partial charge in [-0.05, 0) is 37.1 Å². The van der Waals surface area contributed by atoms with Gasteiger partial charge < -0.3 is 10.1 Å². The molecule has 2 heterocycles. The third-order valence-corrected chi connectivity index (χ3v) is 6.31. The summed E-state index contributed by atoms with van der Waals surface area (Å²) >= 11 is 7.95. The van der Waals surface area contributed by atoms with Crippen molar-refractivity contribution < 1.29 is 14.3 Å². The number of thioether (sulfide) groups is 1. The zero-order chi connectivity index (χ0) is 23.8. The van der Waals surface area contributed by atoms with E-state index in [9.17, 15) is 14.9 Å². The molecular formula is C20H18ClN7O3S2. The van der Waals surface area contributed by atoms with Crippen molar-refractivity contribution in [2.75, 3.05) is 23.1 Å². The maximum absolute atomic E-state index is 12.4. The van der Waals surface area contributed by atoms with Crippen molar-refractivity contribution in [2.24, 2.45) is 5.10 Å². The second-order valence-electron chi connectivity index (χ2n) is 6.32. The van der Waals surface area contributed by atoms with Crippen LogP contribution in [0.3, 0.4) is 0 Å². The second kappa shape index (κ2) is 11.5. The quantitative estimate of drug-likeness (QED) is 0.171. The number of rotatable bonds is 9. The average molecular weight is 504 g/mol. The van der Waals surface area contributed by atoms with Gasteiger partial charge in [-0.25, -0.2) is 15.3 Å². The van der Waals surface area contributed by atoms with E-state index in [1.165, 1.54) is 0 Å². The number of aromatic nitrogens is 3. The van der Waals surface area contributed by atoms with Gasteiger partial charge in [0.1, 0.15) is 15.9 Å². The van der Waals surface area contributed by atoms with E-state index in [-0.39, 0.29) is 23.8 Å². The van der Waals surface area contributed by atoms with E-state index >= 15 is 0 Å². The highest BCUT2D eigenvalue weighted by atomic mass is 35.5. The average Bonchev–Trinajstić information content (AvgIpc) is 3.37. The minimum Gasteiger partial charge on any atom is -0.462 e. The number of esters is 1. The summed E-state index contributed by atoms with van der Waals surface area (Å²) in [5, 5.41) is 24.1. The van der Waals surface area contributed by atoms with Crippen LogP contribution in [0.25, 0.3) is 0 Å². The molecule has 3 aromatic rings. The summed E-state index contributed by atoms with van der Waals surface area (Å²) in [5.74, 6) is -0.580. The molecule has 10 nitrogen and oxygen atoms in total. The van der Waals surface area contributed by atoms with Crippen LogP contribution in [-0.4, -0.2) is 45.6 Å². The number of nitrogens with one attached hydrogen (secondary N) is 3. The maximum atomic E-state index is 12.4. The van der Waals surface area contributed by atoms with E-state index in [1.54, 1.807) is 32.2 Å². The molecule has 0 aliphatic heterocycles.